The lowest BCUT2D eigenvalue weighted by Gasteiger charge is -2.22. The highest BCUT2D eigenvalue weighted by atomic mass is 16.5. The maximum Gasteiger partial charge on any atom is 0.226 e. The summed E-state index contributed by atoms with van der Waals surface area (Å²) in [6.07, 6.45) is 3.75. The number of nitrogens with zero attached hydrogens (tertiary/aromatic N) is 3. The molecule has 116 valence electrons. The molecule has 1 aromatic carbocycles. The van der Waals surface area contributed by atoms with E-state index in [4.69, 9.17) is 9.15 Å². The van der Waals surface area contributed by atoms with Crippen LogP contribution in [-0.2, 0) is 0 Å². The quantitative estimate of drug-likeness (QED) is 0.804. The average Bonchev–Trinajstić information content (AvgIpc) is 3.22. The highest BCUT2D eigenvalue weighted by molar-refractivity contribution is 5.77. The minimum atomic E-state index is -0.125. The smallest absolute Gasteiger partial charge is 0.226 e. The van der Waals surface area contributed by atoms with Gasteiger partial charge >= 0.3 is 0 Å². The van der Waals surface area contributed by atoms with E-state index in [1.54, 1.807) is 13.4 Å². The minimum absolute atomic E-state index is 0.125. The Morgan fingerprint density at radius 1 is 1.22 bits per heavy atom. The fraction of sp³-hybridized carbons (Fsp3) is 0.176. The SMILES string of the molecule is COc1ccc(C2=C[C@@H](c3ccco3)n3nc(C)nc3N2)cc1. The third-order valence-corrected chi connectivity index (χ3v) is 3.81. The molecule has 0 bridgehead atoms. The van der Waals surface area contributed by atoms with E-state index in [0.29, 0.717) is 11.8 Å². The van der Waals surface area contributed by atoms with Crippen LogP contribution in [0.2, 0.25) is 0 Å². The van der Waals surface area contributed by atoms with Crippen molar-refractivity contribution in [3.05, 3.63) is 65.9 Å². The van der Waals surface area contributed by atoms with Crippen molar-refractivity contribution >= 4 is 11.6 Å². The second kappa shape index (κ2) is 5.31. The summed E-state index contributed by atoms with van der Waals surface area (Å²) in [7, 11) is 1.66. The summed E-state index contributed by atoms with van der Waals surface area (Å²) < 4.78 is 12.6. The largest absolute Gasteiger partial charge is 0.497 e. The van der Waals surface area contributed by atoms with Gasteiger partial charge in [0.1, 0.15) is 23.4 Å². The van der Waals surface area contributed by atoms with Crippen molar-refractivity contribution < 1.29 is 9.15 Å². The lowest BCUT2D eigenvalue weighted by atomic mass is 10.1. The number of methoxy groups -OCH3 is 1. The number of furan rings is 1. The van der Waals surface area contributed by atoms with E-state index in [2.05, 4.69) is 21.5 Å². The fourth-order valence-electron chi connectivity index (χ4n) is 2.70. The molecule has 0 radical (unpaired) electrons. The Labute approximate surface area is 133 Å². The number of aryl methyl sites for hydroxylation is 1. The van der Waals surface area contributed by atoms with Crippen LogP contribution in [0.4, 0.5) is 5.95 Å². The molecule has 3 aromatic rings. The van der Waals surface area contributed by atoms with Gasteiger partial charge in [0.15, 0.2) is 0 Å². The predicted molar refractivity (Wildman–Crippen MR) is 86.2 cm³/mol. The predicted octanol–water partition coefficient (Wildman–Crippen LogP) is 3.24. The summed E-state index contributed by atoms with van der Waals surface area (Å²) in [6, 6.07) is 11.6. The van der Waals surface area contributed by atoms with Crippen LogP contribution in [0.5, 0.6) is 5.75 Å². The number of fused-ring (bicyclic) bond motifs is 1. The number of ether oxygens (including phenoxy) is 1. The molecular formula is C17H16N4O2. The fourth-order valence-corrected chi connectivity index (χ4v) is 2.70. The maximum absolute atomic E-state index is 5.58. The van der Waals surface area contributed by atoms with Crippen LogP contribution in [-0.4, -0.2) is 21.9 Å². The lowest BCUT2D eigenvalue weighted by molar-refractivity contribution is 0.415. The van der Waals surface area contributed by atoms with Gasteiger partial charge in [-0.05, 0) is 55.0 Å². The van der Waals surface area contributed by atoms with Crippen LogP contribution in [0.1, 0.15) is 23.2 Å². The Kier molecular flexibility index (Phi) is 3.15. The van der Waals surface area contributed by atoms with Gasteiger partial charge in [0.05, 0.1) is 13.4 Å². The Bertz CT molecular complexity index is 847. The number of hydrogen-bond acceptors (Lipinski definition) is 5. The monoisotopic (exact) mass is 308 g/mol. The standard InChI is InChI=1S/C17H16N4O2/c1-11-18-17-19-14(12-5-7-13(22-2)8-6-12)10-15(21(17)20-11)16-4-3-9-23-16/h3-10,15H,1-2H3,(H,18,19,20)/t15-/m0/s1. The van der Waals surface area contributed by atoms with E-state index in [-0.39, 0.29) is 6.04 Å². The molecule has 0 fully saturated rings. The maximum atomic E-state index is 5.58. The van der Waals surface area contributed by atoms with Crippen LogP contribution in [0, 0.1) is 6.92 Å². The van der Waals surface area contributed by atoms with Gasteiger partial charge in [0.2, 0.25) is 5.95 Å². The van der Waals surface area contributed by atoms with Gasteiger partial charge in [-0.3, -0.25) is 0 Å². The Hall–Kier alpha value is -3.02. The van der Waals surface area contributed by atoms with Crippen molar-refractivity contribution in [2.24, 2.45) is 0 Å². The van der Waals surface area contributed by atoms with Gasteiger partial charge < -0.3 is 14.5 Å². The number of rotatable bonds is 3. The molecule has 0 aliphatic carbocycles. The number of nitrogens with one attached hydrogen (secondary N) is 1. The Balaban J connectivity index is 1.78. The second-order valence-electron chi connectivity index (χ2n) is 5.32. The van der Waals surface area contributed by atoms with E-state index < -0.39 is 0 Å². The van der Waals surface area contributed by atoms with Gasteiger partial charge in [-0.1, -0.05) is 0 Å². The van der Waals surface area contributed by atoms with Crippen molar-refractivity contribution in [3.8, 4) is 5.75 Å². The molecule has 3 heterocycles. The molecule has 4 rings (SSSR count). The summed E-state index contributed by atoms with van der Waals surface area (Å²) in [5.74, 6) is 3.07. The van der Waals surface area contributed by atoms with Crippen molar-refractivity contribution in [2.75, 3.05) is 12.4 Å². The van der Waals surface area contributed by atoms with Crippen LogP contribution in [0.15, 0.2) is 53.2 Å². The summed E-state index contributed by atoms with van der Waals surface area (Å²) >= 11 is 0. The van der Waals surface area contributed by atoms with E-state index >= 15 is 0 Å². The molecular weight excluding hydrogens is 292 g/mol. The van der Waals surface area contributed by atoms with E-state index in [1.165, 1.54) is 0 Å². The molecule has 1 atom stereocenters. The topological polar surface area (TPSA) is 65.1 Å². The number of anilines is 1. The van der Waals surface area contributed by atoms with Crippen LogP contribution >= 0.6 is 0 Å². The zero-order valence-corrected chi connectivity index (χ0v) is 12.9. The molecule has 6 heteroatoms. The molecule has 1 aliphatic heterocycles. The molecule has 0 unspecified atom stereocenters. The Morgan fingerprint density at radius 3 is 2.74 bits per heavy atom. The zero-order chi connectivity index (χ0) is 15.8. The third-order valence-electron chi connectivity index (χ3n) is 3.81. The van der Waals surface area contributed by atoms with Gasteiger partial charge in [0.25, 0.3) is 0 Å². The first-order valence-corrected chi connectivity index (χ1v) is 7.34. The number of hydrogen-bond donors (Lipinski definition) is 1. The van der Waals surface area contributed by atoms with Crippen LogP contribution < -0.4 is 10.1 Å². The summed E-state index contributed by atoms with van der Waals surface area (Å²) in [5, 5.41) is 7.79. The molecule has 2 aromatic heterocycles. The summed E-state index contributed by atoms with van der Waals surface area (Å²) in [5.41, 5.74) is 2.02. The number of benzene rings is 1. The van der Waals surface area contributed by atoms with Gasteiger partial charge in [-0.25, -0.2) is 4.68 Å². The third kappa shape index (κ3) is 2.38. The minimum Gasteiger partial charge on any atom is -0.497 e. The molecule has 0 spiro atoms. The van der Waals surface area contributed by atoms with Crippen molar-refractivity contribution in [1.29, 1.82) is 0 Å². The summed E-state index contributed by atoms with van der Waals surface area (Å²) in [4.78, 5) is 4.45. The first-order valence-electron chi connectivity index (χ1n) is 7.34. The number of aromatic nitrogens is 3. The molecule has 0 saturated carbocycles. The second-order valence-corrected chi connectivity index (χ2v) is 5.32. The van der Waals surface area contributed by atoms with Gasteiger partial charge in [-0.15, -0.1) is 0 Å². The lowest BCUT2D eigenvalue weighted by Crippen LogP contribution is -2.19. The average molecular weight is 308 g/mol. The zero-order valence-electron chi connectivity index (χ0n) is 12.9. The van der Waals surface area contributed by atoms with Crippen LogP contribution in [0.3, 0.4) is 0 Å². The first-order chi connectivity index (χ1) is 11.2. The summed E-state index contributed by atoms with van der Waals surface area (Å²) in [6.45, 7) is 1.87. The molecule has 0 saturated heterocycles. The molecule has 1 aliphatic rings. The molecule has 23 heavy (non-hydrogen) atoms. The van der Waals surface area contributed by atoms with Gasteiger partial charge in [-0.2, -0.15) is 10.1 Å². The van der Waals surface area contributed by atoms with E-state index in [0.717, 1.165) is 22.8 Å². The highest BCUT2D eigenvalue weighted by Crippen LogP contribution is 2.32. The van der Waals surface area contributed by atoms with E-state index in [1.807, 2.05) is 48.0 Å². The highest BCUT2D eigenvalue weighted by Gasteiger charge is 2.26. The molecule has 6 nitrogen and oxygen atoms in total. The number of allylic oxidation sites excluding steroid dienone is 1. The van der Waals surface area contributed by atoms with E-state index in [9.17, 15) is 0 Å². The van der Waals surface area contributed by atoms with Crippen LogP contribution in [0.25, 0.3) is 5.70 Å². The van der Waals surface area contributed by atoms with Gasteiger partial charge in [0, 0.05) is 5.70 Å². The molecule has 1 N–H and O–H groups in total. The first kappa shape index (κ1) is 13.6. The van der Waals surface area contributed by atoms with Crippen molar-refractivity contribution in [2.45, 2.75) is 13.0 Å². The Morgan fingerprint density at radius 2 is 2.04 bits per heavy atom. The van der Waals surface area contributed by atoms with Crippen molar-refractivity contribution in [1.82, 2.24) is 14.8 Å². The van der Waals surface area contributed by atoms with Crippen molar-refractivity contribution in [3.63, 3.8) is 0 Å². The normalized spacial score (nSPS) is 16.4. The molecule has 0 amide bonds.